The van der Waals surface area contributed by atoms with Crippen molar-refractivity contribution >= 4 is 306 Å². The summed E-state index contributed by atoms with van der Waals surface area (Å²) in [6, 6.07) is 0. The molecule has 0 saturated heterocycles. The normalized spacial score (nSPS) is 15.6. The molecule has 386 valence electrons. The van der Waals surface area contributed by atoms with E-state index in [2.05, 4.69) is 199 Å². The number of aromatic nitrogens is 2. The maximum Gasteiger partial charge on any atom is 0.346 e. The highest BCUT2D eigenvalue weighted by molar-refractivity contribution is 9.47. The van der Waals surface area contributed by atoms with Crippen LogP contribution in [0.3, 0.4) is 0 Å². The van der Waals surface area contributed by atoms with Crippen LogP contribution in [-0.2, 0) is 23.8 Å². The Kier molecular flexibility index (Phi) is 50.1. The van der Waals surface area contributed by atoms with Crippen LogP contribution >= 0.6 is 288 Å². The molecule has 1 heterocycles. The molecule has 22 atom stereocenters. The second-order valence-electron chi connectivity index (χ2n) is 12.1. The monoisotopic (exact) mass is 1580 g/mol. The number of aromatic amines is 1. The molecule has 0 spiro atoms. The van der Waals surface area contributed by atoms with Crippen molar-refractivity contribution in [2.75, 3.05) is 28.4 Å². The zero-order chi connectivity index (χ0) is 51.7. The number of rotatable bonds is 22. The van der Waals surface area contributed by atoms with E-state index in [1.165, 1.54) is 14.2 Å². The van der Waals surface area contributed by atoms with Gasteiger partial charge in [-0.15, -0.1) is 170 Å². The van der Waals surface area contributed by atoms with Gasteiger partial charge in [0.15, 0.2) is 0 Å². The van der Waals surface area contributed by atoms with Gasteiger partial charge in [0, 0.05) is 18.9 Å². The topological polar surface area (TPSA) is 187 Å². The predicted molar refractivity (Wildman–Crippen MR) is 407 cm³/mol. The SMILES string of the molecule is COC(=O)C(OC)C(=O)OC.COc1c(O)nc(C2CC2)[nH]c1=O.N=C(N)C1CC1.PP(P)P(P)P(P(P(P)P)P(P)P)P(P(P(P)P)P(P)P)P(P(P(P)P)P(P)P)P(P(P)P)P(P)P. The molecule has 2 fully saturated rings. The molecule has 0 aliphatic heterocycles. The number of H-pyrrole nitrogens is 1. The molecule has 66 heavy (non-hydrogen) atoms. The van der Waals surface area contributed by atoms with Crippen molar-refractivity contribution in [3.05, 3.63) is 16.2 Å². The van der Waals surface area contributed by atoms with Crippen molar-refractivity contribution in [1.82, 2.24) is 9.97 Å². The third-order valence-electron chi connectivity index (χ3n) is 7.16. The Morgan fingerprint density at radius 2 is 0.939 bits per heavy atom. The Balaban J connectivity index is 0.00000111. The third kappa shape index (κ3) is 28.9. The molecule has 12 nitrogen and oxygen atoms in total. The number of aromatic hydroxyl groups is 1. The molecule has 0 bridgehead atoms. The van der Waals surface area contributed by atoms with Gasteiger partial charge in [-0.1, -0.05) is 0 Å². The number of carbonyl (C=O) groups excluding carboxylic acids is 2. The Morgan fingerprint density at radius 3 is 1.15 bits per heavy atom. The van der Waals surface area contributed by atoms with Crippen molar-refractivity contribution in [2.24, 2.45) is 11.7 Å². The molecule has 2 saturated carbocycles. The number of nitrogens with one attached hydrogen (secondary N) is 2. The van der Waals surface area contributed by atoms with Gasteiger partial charge in [0.2, 0.25) is 5.75 Å². The standard InChI is InChI=1S/C8H10N2O3.C6H10O5.C4H8N2.H38P36/c1-13-5-7(11)9-6(4-2-3-4)10-8(5)12;1-9-4(5(7)10-2)6(8)11-3;5-4(6)3-1-2-3;1-20(2)29(19)34(30(21(3)4)22(5)6)36(33(27(15)16)28(17)18)35(31(23(7)8)24(9)10)32(25(11)12)26(13)14/h4H,2-3H2,1H3,(H2,9,10,11,12);4H,1-3H3;3H,1-2H2,(H3,5,6);1-19H2. The van der Waals surface area contributed by atoms with Gasteiger partial charge in [-0.05, 0) is 144 Å². The number of ether oxygens (including phenoxy) is 4. The molecular formula is C18H66N4O8P36. The van der Waals surface area contributed by atoms with Gasteiger partial charge in [0.05, 0.1) is 27.2 Å². The second-order valence-corrected chi connectivity index (χ2v) is 158. The molecule has 22 unspecified atom stereocenters. The van der Waals surface area contributed by atoms with Gasteiger partial charge in [-0.25, -0.2) is 9.59 Å². The molecule has 0 radical (unpaired) electrons. The summed E-state index contributed by atoms with van der Waals surface area (Å²) in [5.41, 5.74) is 4.66. The third-order valence-corrected chi connectivity index (χ3v) is 250. The summed E-state index contributed by atoms with van der Waals surface area (Å²) in [4.78, 5) is 39.1. The van der Waals surface area contributed by atoms with Gasteiger partial charge in [0.25, 0.3) is 17.5 Å². The van der Waals surface area contributed by atoms with Crippen LogP contribution in [0.4, 0.5) is 0 Å². The maximum atomic E-state index is 11.2. The number of carbonyl (C=O) groups is 2. The van der Waals surface area contributed by atoms with Crippen LogP contribution in [-0.4, -0.2) is 67.4 Å². The molecule has 1 aromatic rings. The molecule has 1 aromatic heterocycles. The lowest BCUT2D eigenvalue weighted by atomic mass is 10.4. The first-order valence-corrected chi connectivity index (χ1v) is 82.0. The van der Waals surface area contributed by atoms with Crippen LogP contribution in [0.15, 0.2) is 4.79 Å². The summed E-state index contributed by atoms with van der Waals surface area (Å²) in [7, 11) is 68.6. The van der Waals surface area contributed by atoms with E-state index in [-0.39, 0.29) is 130 Å². The van der Waals surface area contributed by atoms with E-state index >= 15 is 0 Å². The van der Waals surface area contributed by atoms with Crippen molar-refractivity contribution in [3.8, 4) is 11.6 Å². The fourth-order valence-corrected chi connectivity index (χ4v) is 482. The summed E-state index contributed by atoms with van der Waals surface area (Å²) in [6.45, 7) is -1.09. The lowest BCUT2D eigenvalue weighted by Crippen LogP contribution is -2.33. The Bertz CT molecular complexity index is 1590. The Labute approximate surface area is 456 Å². The first-order valence-electron chi connectivity index (χ1n) is 17.2. The van der Waals surface area contributed by atoms with Gasteiger partial charge in [0.1, 0.15) is 5.82 Å². The zero-order valence-corrected chi connectivity index (χ0v) is 73.1. The summed E-state index contributed by atoms with van der Waals surface area (Å²) < 4.78 is 17.7. The Morgan fingerprint density at radius 1 is 0.606 bits per heavy atom. The molecule has 2 aliphatic carbocycles. The minimum Gasteiger partial charge on any atom is -0.490 e. The number of esters is 2. The minimum atomic E-state index is -1.27. The number of amidine groups is 1. The van der Waals surface area contributed by atoms with Crippen LogP contribution in [0.2, 0.25) is 0 Å². The van der Waals surface area contributed by atoms with Crippen LogP contribution in [0.25, 0.3) is 0 Å². The summed E-state index contributed by atoms with van der Waals surface area (Å²) >= 11 is 0. The molecule has 3 rings (SSSR count). The van der Waals surface area contributed by atoms with E-state index in [9.17, 15) is 19.5 Å². The average molecular weight is 1580 g/mol. The van der Waals surface area contributed by atoms with Crippen molar-refractivity contribution in [3.63, 3.8) is 0 Å². The molecule has 0 amide bonds. The van der Waals surface area contributed by atoms with Crippen molar-refractivity contribution in [2.45, 2.75) is 37.7 Å². The zero-order valence-electron chi connectivity index (χ0n) is 36.0. The largest absolute Gasteiger partial charge is 0.490 e. The second kappa shape index (κ2) is 42.2. The first-order chi connectivity index (χ1) is 30.5. The summed E-state index contributed by atoms with van der Waals surface area (Å²) in [5.74, 6) is -0.274. The van der Waals surface area contributed by atoms with Gasteiger partial charge < -0.3 is 34.8 Å². The fraction of sp³-hybridized carbons (Fsp3) is 0.611. The summed E-state index contributed by atoms with van der Waals surface area (Å²) in [5, 5.41) is 16.1. The molecule has 2 aliphatic rings. The molecule has 48 heteroatoms. The van der Waals surface area contributed by atoms with E-state index in [4.69, 9.17) is 11.1 Å². The van der Waals surface area contributed by atoms with Crippen LogP contribution in [0, 0.1) is 11.3 Å². The minimum absolute atomic E-state index is 0.0106. The molecule has 0 aromatic carbocycles. The van der Waals surface area contributed by atoms with Gasteiger partial charge in [-0.2, -0.15) is 4.98 Å². The van der Waals surface area contributed by atoms with Crippen LogP contribution in [0.1, 0.15) is 37.4 Å². The van der Waals surface area contributed by atoms with Crippen LogP contribution in [0.5, 0.6) is 11.6 Å². The number of methoxy groups -OCH3 is 4. The highest BCUT2D eigenvalue weighted by Crippen LogP contribution is 3.41. The van der Waals surface area contributed by atoms with E-state index < -0.39 is 23.6 Å². The highest BCUT2D eigenvalue weighted by atomic mass is 33.5. The Hall–Kier alpha value is 12.3. The number of nitrogens with zero attached hydrogens (tertiary/aromatic N) is 1. The first kappa shape index (κ1) is 78.3. The number of nitrogens with two attached hydrogens (primary N) is 1. The predicted octanol–water partition coefficient (Wildman–Crippen LogP) is 20.9. The summed E-state index contributed by atoms with van der Waals surface area (Å²) in [6.07, 6.45) is 3.07. The lowest BCUT2D eigenvalue weighted by Gasteiger charge is -2.54. The van der Waals surface area contributed by atoms with Crippen LogP contribution < -0.4 is 16.0 Å². The van der Waals surface area contributed by atoms with Gasteiger partial charge in [-0.3, -0.25) is 10.2 Å². The van der Waals surface area contributed by atoms with Crippen molar-refractivity contribution < 1.29 is 33.6 Å². The molecule has 5 N–H and O–H groups in total. The van der Waals surface area contributed by atoms with E-state index in [0.29, 0.717) is 23.5 Å². The van der Waals surface area contributed by atoms with E-state index in [1.807, 2.05) is 0 Å². The van der Waals surface area contributed by atoms with E-state index in [1.54, 1.807) is 0 Å². The smallest absolute Gasteiger partial charge is 0.346 e. The lowest BCUT2D eigenvalue weighted by molar-refractivity contribution is -0.167. The van der Waals surface area contributed by atoms with E-state index in [0.717, 1.165) is 39.9 Å². The number of hydrogen-bond donors (Lipinski definition) is 4. The average Bonchev–Trinajstić information content (AvgIpc) is 4.12. The molecular weight excluding hydrogens is 1520 g/mol. The number of hydrogen-bond acceptors (Lipinski definition) is 10. The van der Waals surface area contributed by atoms with Crippen molar-refractivity contribution in [1.29, 1.82) is 5.41 Å². The quantitative estimate of drug-likeness (QED) is 0.0286. The fourth-order valence-electron chi connectivity index (χ4n) is 4.07. The highest BCUT2D eigenvalue weighted by Gasteiger charge is 2.53. The van der Waals surface area contributed by atoms with Gasteiger partial charge >= 0.3 is 11.9 Å². The maximum absolute atomic E-state index is 11.2.